The number of fused-ring (bicyclic) bond motifs is 1. The number of halogens is 4. The van der Waals surface area contributed by atoms with Crippen molar-refractivity contribution in [2.45, 2.75) is 18.6 Å². The number of hydrogen-bond acceptors (Lipinski definition) is 5. The number of alkyl halides is 3. The Hall–Kier alpha value is -2.63. The van der Waals surface area contributed by atoms with Crippen LogP contribution in [0.1, 0.15) is 18.1 Å². The van der Waals surface area contributed by atoms with E-state index >= 15 is 0 Å². The van der Waals surface area contributed by atoms with Crippen LogP contribution in [0.25, 0.3) is 15.3 Å². The van der Waals surface area contributed by atoms with Gasteiger partial charge < -0.3 is 0 Å². The molecule has 0 spiro atoms. The molecule has 7 nitrogen and oxygen atoms in total. The van der Waals surface area contributed by atoms with Gasteiger partial charge in [-0.2, -0.15) is 0 Å². The topological polar surface area (TPSA) is 97.8 Å². The fourth-order valence-electron chi connectivity index (χ4n) is 3.51. The van der Waals surface area contributed by atoms with Crippen LogP contribution in [-0.4, -0.2) is 49.8 Å². The summed E-state index contributed by atoms with van der Waals surface area (Å²) in [4.78, 5) is 17.0. The van der Waals surface area contributed by atoms with Crippen LogP contribution in [0.3, 0.4) is 0 Å². The van der Waals surface area contributed by atoms with E-state index in [9.17, 15) is 30.8 Å². The Balaban J connectivity index is 1.88. The molecule has 3 aromatic rings. The molecule has 1 aliphatic rings. The molecular formula is C19H16F4N4O3SSe. The van der Waals surface area contributed by atoms with E-state index in [1.165, 1.54) is 29.7 Å². The van der Waals surface area contributed by atoms with Gasteiger partial charge in [-0.1, -0.05) is 0 Å². The average Bonchev–Trinajstić information content (AvgIpc) is 3.01. The molecule has 2 heterocycles. The van der Waals surface area contributed by atoms with Gasteiger partial charge >= 0.3 is 186 Å². The van der Waals surface area contributed by atoms with Crippen molar-refractivity contribution in [2.24, 2.45) is 10.7 Å². The van der Waals surface area contributed by atoms with Crippen LogP contribution in [0.2, 0.25) is 0 Å². The first-order valence-corrected chi connectivity index (χ1v) is 12.3. The van der Waals surface area contributed by atoms with Crippen molar-refractivity contribution in [2.75, 3.05) is 12.8 Å². The summed E-state index contributed by atoms with van der Waals surface area (Å²) in [6.45, 7) is 1.41. The van der Waals surface area contributed by atoms with Gasteiger partial charge in [0.2, 0.25) is 0 Å². The molecule has 1 aromatic heterocycles. The van der Waals surface area contributed by atoms with Crippen LogP contribution in [0.5, 0.6) is 0 Å². The molecule has 32 heavy (non-hydrogen) atoms. The number of hydrogen-bond donors (Lipinski definition) is 1. The average molecular weight is 535 g/mol. The van der Waals surface area contributed by atoms with Crippen molar-refractivity contribution in [1.82, 2.24) is 7.87 Å². The molecule has 2 aromatic carbocycles. The molecule has 0 amide bonds. The zero-order valence-electron chi connectivity index (χ0n) is 16.6. The summed E-state index contributed by atoms with van der Waals surface area (Å²) in [6, 6.07) is 6.59. The number of benzene rings is 2. The van der Waals surface area contributed by atoms with Gasteiger partial charge in [-0.3, -0.25) is 0 Å². The third kappa shape index (κ3) is 3.63. The van der Waals surface area contributed by atoms with E-state index in [2.05, 4.69) is 4.99 Å². The number of aromatic nitrogens is 1. The third-order valence-corrected chi connectivity index (χ3v) is 9.49. The predicted molar refractivity (Wildman–Crippen MR) is 112 cm³/mol. The molecule has 0 bridgehead atoms. The minimum atomic E-state index is -4.54. The van der Waals surface area contributed by atoms with E-state index < -0.39 is 59.2 Å². The molecule has 0 saturated heterocycles. The Labute approximate surface area is 185 Å². The number of aliphatic imine (C=N–C) groups is 1. The zero-order chi connectivity index (χ0) is 23.6. The molecule has 0 aliphatic carbocycles. The number of nitrogens with two attached hydrogens (primary N) is 1. The van der Waals surface area contributed by atoms with E-state index in [4.69, 9.17) is 5.73 Å². The number of guanidine groups is 1. The molecular weight excluding hydrogens is 519 g/mol. The number of sulfonamides is 1. The van der Waals surface area contributed by atoms with Crippen molar-refractivity contribution in [3.63, 3.8) is 0 Å². The Kier molecular flexibility index (Phi) is 5.07. The second kappa shape index (κ2) is 7.19. The first kappa shape index (κ1) is 22.6. The van der Waals surface area contributed by atoms with Gasteiger partial charge in [-0.15, -0.1) is 0 Å². The molecule has 13 heteroatoms. The second-order valence-electron chi connectivity index (χ2n) is 7.53. The maximum atomic E-state index is 14.8. The molecule has 1 aliphatic heterocycles. The number of rotatable bonds is 2. The van der Waals surface area contributed by atoms with E-state index in [-0.39, 0.29) is 26.9 Å². The van der Waals surface area contributed by atoms with E-state index in [1.807, 2.05) is 0 Å². The van der Waals surface area contributed by atoms with Gasteiger partial charge in [0.1, 0.15) is 0 Å². The van der Waals surface area contributed by atoms with Crippen LogP contribution in [0.15, 0.2) is 46.2 Å². The van der Waals surface area contributed by atoms with Crippen molar-refractivity contribution in [3.05, 3.63) is 63.7 Å². The second-order valence-corrected chi connectivity index (χ2v) is 11.6. The Bertz CT molecular complexity index is 1450. The third-order valence-electron chi connectivity index (χ3n) is 5.24. The van der Waals surface area contributed by atoms with Crippen LogP contribution >= 0.6 is 0 Å². The number of nitrogens with zero attached hydrogens (tertiary/aromatic N) is 3. The predicted octanol–water partition coefficient (Wildman–Crippen LogP) is 2.01. The van der Waals surface area contributed by atoms with Gasteiger partial charge in [-0.05, 0) is 0 Å². The monoisotopic (exact) mass is 536 g/mol. The summed E-state index contributed by atoms with van der Waals surface area (Å²) in [5, 5.41) is 0.138. The SMILES string of the molecule is CN1C(N)=N[C@](C)(c2cc(-n3[se]c4cc(C(F)(F)F)ccc4c3=O)ccc2F)CS1(=O)=O. The molecule has 2 N–H and O–H groups in total. The summed E-state index contributed by atoms with van der Waals surface area (Å²) in [5.74, 6) is -1.60. The Morgan fingerprint density at radius 3 is 2.50 bits per heavy atom. The van der Waals surface area contributed by atoms with Crippen LogP contribution in [0, 0.1) is 5.82 Å². The molecule has 0 unspecified atom stereocenters. The first-order chi connectivity index (χ1) is 14.7. The van der Waals surface area contributed by atoms with Gasteiger partial charge in [0.05, 0.1) is 0 Å². The first-order valence-electron chi connectivity index (χ1n) is 9.08. The van der Waals surface area contributed by atoms with Crippen molar-refractivity contribution < 1.29 is 26.0 Å². The fraction of sp³-hybridized carbons (Fsp3) is 0.263. The Morgan fingerprint density at radius 1 is 1.19 bits per heavy atom. The van der Waals surface area contributed by atoms with E-state index in [0.29, 0.717) is 0 Å². The van der Waals surface area contributed by atoms with Gasteiger partial charge in [0.25, 0.3) is 0 Å². The quantitative estimate of drug-likeness (QED) is 0.401. The summed E-state index contributed by atoms with van der Waals surface area (Å²) < 4.78 is 81.1. The molecule has 4 rings (SSSR count). The van der Waals surface area contributed by atoms with Crippen LogP contribution in [-0.2, 0) is 21.7 Å². The normalized spacial score (nSPS) is 21.1. The summed E-state index contributed by atoms with van der Waals surface area (Å²) >= 11 is -0.829. The summed E-state index contributed by atoms with van der Waals surface area (Å²) in [5.41, 5.74) is 2.93. The molecule has 170 valence electrons. The standard InChI is InChI=1S/C19H16F4N4O3SSe/c1-18(9-31(29,30)26(2)17(24)25-18)13-8-11(4-6-14(13)20)27-16(28)12-5-3-10(19(21,22)23)7-15(12)32-27/h3-8H,9H2,1-2H3,(H2,24,25)/t18-/m0/s1. The van der Waals surface area contributed by atoms with Crippen molar-refractivity contribution in [3.8, 4) is 5.69 Å². The molecule has 1 atom stereocenters. The van der Waals surface area contributed by atoms with Gasteiger partial charge in [0.15, 0.2) is 0 Å². The van der Waals surface area contributed by atoms with Gasteiger partial charge in [-0.25, -0.2) is 0 Å². The maximum absolute atomic E-state index is 14.8. The molecule has 0 radical (unpaired) electrons. The van der Waals surface area contributed by atoms with Crippen LogP contribution in [0.4, 0.5) is 17.6 Å². The minimum absolute atomic E-state index is 0.0924. The Morgan fingerprint density at radius 2 is 1.88 bits per heavy atom. The van der Waals surface area contributed by atoms with E-state index in [1.54, 1.807) is 0 Å². The molecule has 0 saturated carbocycles. The summed E-state index contributed by atoms with van der Waals surface area (Å²) in [6.07, 6.45) is -4.54. The van der Waals surface area contributed by atoms with Gasteiger partial charge in [0, 0.05) is 0 Å². The van der Waals surface area contributed by atoms with Crippen molar-refractivity contribution >= 4 is 40.4 Å². The summed E-state index contributed by atoms with van der Waals surface area (Å²) in [7, 11) is -2.63. The van der Waals surface area contributed by atoms with Crippen LogP contribution < -0.4 is 11.3 Å². The van der Waals surface area contributed by atoms with Crippen molar-refractivity contribution in [1.29, 1.82) is 0 Å². The van der Waals surface area contributed by atoms with E-state index in [0.717, 1.165) is 28.6 Å². The fourth-order valence-corrected chi connectivity index (χ4v) is 7.12. The zero-order valence-corrected chi connectivity index (χ0v) is 19.2. The molecule has 0 fully saturated rings.